The summed E-state index contributed by atoms with van der Waals surface area (Å²) in [4.78, 5) is 14.5. The van der Waals surface area contributed by atoms with Gasteiger partial charge in [0.2, 0.25) is 0 Å². The number of aromatic nitrogens is 1. The van der Waals surface area contributed by atoms with E-state index in [4.69, 9.17) is 9.26 Å². The van der Waals surface area contributed by atoms with Crippen molar-refractivity contribution in [1.29, 1.82) is 0 Å². The van der Waals surface area contributed by atoms with Crippen LogP contribution < -0.4 is 10.0 Å². The molecule has 2 heterocycles. The quantitative estimate of drug-likeness (QED) is 0.715. The van der Waals surface area contributed by atoms with Crippen LogP contribution in [0.15, 0.2) is 39.8 Å². The van der Waals surface area contributed by atoms with Crippen molar-refractivity contribution in [2.75, 3.05) is 44.1 Å². The topological polar surface area (TPSA) is 114 Å². The predicted octanol–water partition coefficient (Wildman–Crippen LogP) is 0.846. The Hall–Kier alpha value is -2.43. The van der Waals surface area contributed by atoms with Crippen LogP contribution in [0.1, 0.15) is 16.1 Å². The number of anilines is 1. The number of morpholine rings is 1. The number of carbonyl (C=O) groups is 1. The molecule has 0 atom stereocenters. The molecule has 1 aromatic carbocycles. The molecule has 1 aliphatic rings. The molecule has 0 aliphatic carbocycles. The maximum atomic E-state index is 12.3. The van der Waals surface area contributed by atoms with Crippen LogP contribution in [0.5, 0.6) is 0 Å². The fourth-order valence-electron chi connectivity index (χ4n) is 2.65. The number of ether oxygens (including phenoxy) is 1. The number of rotatable bonds is 7. The third-order valence-corrected chi connectivity index (χ3v) is 5.48. The van der Waals surface area contributed by atoms with E-state index in [0.717, 1.165) is 19.6 Å². The molecule has 146 valence electrons. The molecule has 1 saturated heterocycles. The minimum absolute atomic E-state index is 0.0352. The van der Waals surface area contributed by atoms with Crippen molar-refractivity contribution in [3.05, 3.63) is 41.7 Å². The monoisotopic (exact) mass is 394 g/mol. The summed E-state index contributed by atoms with van der Waals surface area (Å²) in [7, 11) is -3.80. The Labute approximate surface area is 157 Å². The Morgan fingerprint density at radius 1 is 1.22 bits per heavy atom. The Bertz CT molecular complexity index is 873. The van der Waals surface area contributed by atoms with Gasteiger partial charge < -0.3 is 14.6 Å². The maximum absolute atomic E-state index is 12.3. The van der Waals surface area contributed by atoms with Gasteiger partial charge in [0.1, 0.15) is 5.76 Å². The molecule has 3 rings (SSSR count). The minimum Gasteiger partial charge on any atom is -0.379 e. The second kappa shape index (κ2) is 8.51. The first-order valence-corrected chi connectivity index (χ1v) is 10.1. The standard InChI is InChI=1S/C17H22N4O5S/c1-13-12-16(19-26-13)20-27(23,24)15-4-2-14(3-5-15)17(22)18-6-7-21-8-10-25-11-9-21/h2-5,12H,6-11H2,1H3,(H,18,22)(H,19,20). The first-order chi connectivity index (χ1) is 12.9. The van der Waals surface area contributed by atoms with E-state index in [0.29, 0.717) is 31.1 Å². The third kappa shape index (κ3) is 5.28. The highest BCUT2D eigenvalue weighted by molar-refractivity contribution is 7.92. The van der Waals surface area contributed by atoms with Gasteiger partial charge in [-0.15, -0.1) is 0 Å². The molecule has 2 N–H and O–H groups in total. The smallest absolute Gasteiger partial charge is 0.263 e. The number of sulfonamides is 1. The molecule has 0 spiro atoms. The molecule has 0 saturated carbocycles. The van der Waals surface area contributed by atoms with Gasteiger partial charge in [-0.25, -0.2) is 8.42 Å². The fourth-order valence-corrected chi connectivity index (χ4v) is 3.63. The van der Waals surface area contributed by atoms with Crippen LogP contribution in [0.25, 0.3) is 0 Å². The fraction of sp³-hybridized carbons (Fsp3) is 0.412. The van der Waals surface area contributed by atoms with Crippen molar-refractivity contribution in [3.8, 4) is 0 Å². The second-order valence-electron chi connectivity index (χ2n) is 6.16. The van der Waals surface area contributed by atoms with Crippen LogP contribution in [-0.4, -0.2) is 63.8 Å². The highest BCUT2D eigenvalue weighted by Crippen LogP contribution is 2.16. The highest BCUT2D eigenvalue weighted by Gasteiger charge is 2.17. The van der Waals surface area contributed by atoms with Crippen molar-refractivity contribution in [2.24, 2.45) is 0 Å². The average Bonchev–Trinajstić information content (AvgIpc) is 3.06. The van der Waals surface area contributed by atoms with Crippen molar-refractivity contribution < 1.29 is 22.5 Å². The van der Waals surface area contributed by atoms with E-state index in [1.165, 1.54) is 30.3 Å². The first kappa shape index (κ1) is 19.3. The predicted molar refractivity (Wildman–Crippen MR) is 98.1 cm³/mol. The molecule has 1 amide bonds. The van der Waals surface area contributed by atoms with Gasteiger partial charge in [-0.05, 0) is 31.2 Å². The summed E-state index contributed by atoms with van der Waals surface area (Å²) in [5, 5.41) is 6.44. The number of amides is 1. The number of benzene rings is 1. The summed E-state index contributed by atoms with van der Waals surface area (Å²) in [6.45, 7) is 6.09. The van der Waals surface area contributed by atoms with Crippen LogP contribution >= 0.6 is 0 Å². The normalized spacial score (nSPS) is 15.4. The van der Waals surface area contributed by atoms with Crippen LogP contribution in [0.2, 0.25) is 0 Å². The van der Waals surface area contributed by atoms with Gasteiger partial charge in [-0.3, -0.25) is 14.4 Å². The summed E-state index contributed by atoms with van der Waals surface area (Å²) < 4.78 is 37.1. The highest BCUT2D eigenvalue weighted by atomic mass is 32.2. The zero-order chi connectivity index (χ0) is 19.3. The van der Waals surface area contributed by atoms with Gasteiger partial charge >= 0.3 is 0 Å². The van der Waals surface area contributed by atoms with Gasteiger partial charge in [0.25, 0.3) is 15.9 Å². The Kier molecular flexibility index (Phi) is 6.09. The van der Waals surface area contributed by atoms with Crippen molar-refractivity contribution in [2.45, 2.75) is 11.8 Å². The van der Waals surface area contributed by atoms with Gasteiger partial charge in [-0.1, -0.05) is 5.16 Å². The summed E-state index contributed by atoms with van der Waals surface area (Å²) >= 11 is 0. The van der Waals surface area contributed by atoms with Crippen LogP contribution in [0, 0.1) is 6.92 Å². The molecule has 10 heteroatoms. The number of hydrogen-bond acceptors (Lipinski definition) is 7. The number of nitrogens with one attached hydrogen (secondary N) is 2. The first-order valence-electron chi connectivity index (χ1n) is 8.58. The third-order valence-electron chi connectivity index (χ3n) is 4.11. The lowest BCUT2D eigenvalue weighted by Gasteiger charge is -2.26. The van der Waals surface area contributed by atoms with Crippen LogP contribution in [0.3, 0.4) is 0 Å². The number of aryl methyl sites for hydroxylation is 1. The van der Waals surface area contributed by atoms with Gasteiger partial charge in [0, 0.05) is 37.8 Å². The van der Waals surface area contributed by atoms with Crippen LogP contribution in [0.4, 0.5) is 5.82 Å². The van der Waals surface area contributed by atoms with Crippen LogP contribution in [-0.2, 0) is 14.8 Å². The molecule has 0 bridgehead atoms. The average molecular weight is 394 g/mol. The van der Waals surface area contributed by atoms with E-state index in [-0.39, 0.29) is 16.6 Å². The summed E-state index contributed by atoms with van der Waals surface area (Å²) in [6.07, 6.45) is 0. The molecule has 1 aromatic heterocycles. The molecule has 1 fully saturated rings. The zero-order valence-electron chi connectivity index (χ0n) is 15.0. The largest absolute Gasteiger partial charge is 0.379 e. The number of hydrogen-bond donors (Lipinski definition) is 2. The van der Waals surface area contributed by atoms with Crippen molar-refractivity contribution >= 4 is 21.7 Å². The van der Waals surface area contributed by atoms with E-state index in [2.05, 4.69) is 20.1 Å². The molecule has 27 heavy (non-hydrogen) atoms. The Morgan fingerprint density at radius 3 is 2.56 bits per heavy atom. The second-order valence-corrected chi connectivity index (χ2v) is 7.84. The summed E-state index contributed by atoms with van der Waals surface area (Å²) in [5.41, 5.74) is 0.396. The Balaban J connectivity index is 1.54. The lowest BCUT2D eigenvalue weighted by Crippen LogP contribution is -2.41. The molecule has 0 radical (unpaired) electrons. The van der Waals surface area contributed by atoms with E-state index in [1.54, 1.807) is 6.92 Å². The lowest BCUT2D eigenvalue weighted by molar-refractivity contribution is 0.0383. The zero-order valence-corrected chi connectivity index (χ0v) is 15.8. The van der Waals surface area contributed by atoms with E-state index in [1.807, 2.05) is 0 Å². The van der Waals surface area contributed by atoms with Crippen molar-refractivity contribution in [1.82, 2.24) is 15.4 Å². The van der Waals surface area contributed by atoms with Gasteiger partial charge in [-0.2, -0.15) is 0 Å². The molecule has 1 aliphatic heterocycles. The molecule has 9 nitrogen and oxygen atoms in total. The summed E-state index contributed by atoms with van der Waals surface area (Å²) in [5.74, 6) is 0.363. The minimum atomic E-state index is -3.80. The SMILES string of the molecule is Cc1cc(NS(=O)(=O)c2ccc(C(=O)NCCN3CCOCC3)cc2)no1. The van der Waals surface area contributed by atoms with Gasteiger partial charge in [0.05, 0.1) is 18.1 Å². The molecule has 0 unspecified atom stereocenters. The number of nitrogens with zero attached hydrogens (tertiary/aromatic N) is 2. The van der Waals surface area contributed by atoms with E-state index >= 15 is 0 Å². The van der Waals surface area contributed by atoms with Gasteiger partial charge in [0.15, 0.2) is 5.82 Å². The van der Waals surface area contributed by atoms with Crippen molar-refractivity contribution in [3.63, 3.8) is 0 Å². The Morgan fingerprint density at radius 2 is 1.93 bits per heavy atom. The molecular formula is C17H22N4O5S. The molecular weight excluding hydrogens is 372 g/mol. The maximum Gasteiger partial charge on any atom is 0.263 e. The summed E-state index contributed by atoms with van der Waals surface area (Å²) in [6, 6.07) is 7.20. The molecule has 2 aromatic rings. The van der Waals surface area contributed by atoms with E-state index < -0.39 is 10.0 Å². The van der Waals surface area contributed by atoms with E-state index in [9.17, 15) is 13.2 Å². The number of carbonyl (C=O) groups excluding carboxylic acids is 1. The lowest BCUT2D eigenvalue weighted by atomic mass is 10.2.